The molecule has 0 aliphatic carbocycles. The number of amides is 1. The number of fused-ring (bicyclic) bond motifs is 1. The van der Waals surface area contributed by atoms with Crippen molar-refractivity contribution < 1.29 is 22.3 Å². The highest BCUT2D eigenvalue weighted by Gasteiger charge is 2.34. The number of methoxy groups -OCH3 is 1. The second-order valence-electron chi connectivity index (χ2n) is 7.08. The number of halogens is 1. The quantitative estimate of drug-likeness (QED) is 0.616. The lowest BCUT2D eigenvalue weighted by atomic mass is 10.1. The summed E-state index contributed by atoms with van der Waals surface area (Å²) in [6.45, 7) is 2.15. The van der Waals surface area contributed by atoms with E-state index in [1.54, 1.807) is 4.90 Å². The van der Waals surface area contributed by atoms with Crippen LogP contribution in [-0.2, 0) is 26.0 Å². The molecular formula is C21H25FN2O4S. The highest BCUT2D eigenvalue weighted by Crippen LogP contribution is 2.32. The van der Waals surface area contributed by atoms with Crippen LogP contribution in [0.3, 0.4) is 0 Å². The van der Waals surface area contributed by atoms with E-state index in [2.05, 4.69) is 0 Å². The van der Waals surface area contributed by atoms with E-state index in [1.807, 2.05) is 31.2 Å². The second kappa shape index (κ2) is 9.02. The molecule has 1 heterocycles. The van der Waals surface area contributed by atoms with Gasteiger partial charge in [0.2, 0.25) is 15.9 Å². The Morgan fingerprint density at radius 3 is 2.59 bits per heavy atom. The molecule has 0 saturated carbocycles. The molecule has 0 radical (unpaired) electrons. The Morgan fingerprint density at radius 2 is 1.90 bits per heavy atom. The van der Waals surface area contributed by atoms with Crippen molar-refractivity contribution in [2.45, 2.75) is 30.7 Å². The van der Waals surface area contributed by atoms with Gasteiger partial charge in [0.05, 0.1) is 11.4 Å². The standard InChI is InChI=1S/C21H25FN2O4S/c1-16-14-17-6-3-4-7-20(17)24(16)21(25)15-23(12-5-13-28-2)29(26,27)19-10-8-18(22)9-11-19/h3-4,6-11,16H,5,12-15H2,1-2H3. The van der Waals surface area contributed by atoms with Gasteiger partial charge in [-0.1, -0.05) is 18.2 Å². The van der Waals surface area contributed by atoms with E-state index >= 15 is 0 Å². The Labute approximate surface area is 170 Å². The number of hydrogen-bond donors (Lipinski definition) is 0. The smallest absolute Gasteiger partial charge is 0.243 e. The molecule has 1 atom stereocenters. The Morgan fingerprint density at radius 1 is 1.21 bits per heavy atom. The fourth-order valence-corrected chi connectivity index (χ4v) is 5.03. The molecule has 2 aromatic rings. The summed E-state index contributed by atoms with van der Waals surface area (Å²) in [5.41, 5.74) is 1.89. The van der Waals surface area contributed by atoms with Gasteiger partial charge >= 0.3 is 0 Å². The van der Waals surface area contributed by atoms with Gasteiger partial charge in [0.1, 0.15) is 5.82 Å². The van der Waals surface area contributed by atoms with Gasteiger partial charge in [0.25, 0.3) is 0 Å². The monoisotopic (exact) mass is 420 g/mol. The van der Waals surface area contributed by atoms with E-state index in [0.717, 1.165) is 34.1 Å². The third-order valence-corrected chi connectivity index (χ3v) is 6.85. The van der Waals surface area contributed by atoms with Crippen LogP contribution in [0.4, 0.5) is 10.1 Å². The molecule has 1 aliphatic rings. The minimum absolute atomic E-state index is 0.0426. The van der Waals surface area contributed by atoms with Gasteiger partial charge < -0.3 is 9.64 Å². The van der Waals surface area contributed by atoms with Crippen LogP contribution in [0.2, 0.25) is 0 Å². The first kappa shape index (κ1) is 21.4. The zero-order valence-corrected chi connectivity index (χ0v) is 17.4. The molecule has 29 heavy (non-hydrogen) atoms. The summed E-state index contributed by atoms with van der Waals surface area (Å²) >= 11 is 0. The lowest BCUT2D eigenvalue weighted by Gasteiger charge is -2.27. The number of benzene rings is 2. The van der Waals surface area contributed by atoms with Crippen molar-refractivity contribution in [3.8, 4) is 0 Å². The fraction of sp³-hybridized carbons (Fsp3) is 0.381. The molecule has 1 aliphatic heterocycles. The van der Waals surface area contributed by atoms with Crippen molar-refractivity contribution in [2.24, 2.45) is 0 Å². The van der Waals surface area contributed by atoms with Gasteiger partial charge in [-0.05, 0) is 55.7 Å². The van der Waals surface area contributed by atoms with Gasteiger partial charge in [0, 0.05) is 32.0 Å². The predicted molar refractivity (Wildman–Crippen MR) is 109 cm³/mol. The number of sulfonamides is 1. The molecule has 0 N–H and O–H groups in total. The number of ether oxygens (including phenoxy) is 1. The first-order chi connectivity index (χ1) is 13.8. The highest BCUT2D eigenvalue weighted by molar-refractivity contribution is 7.89. The summed E-state index contributed by atoms with van der Waals surface area (Å²) in [6.07, 6.45) is 1.17. The van der Waals surface area contributed by atoms with Crippen molar-refractivity contribution in [1.29, 1.82) is 0 Å². The fourth-order valence-electron chi connectivity index (χ4n) is 3.60. The average Bonchev–Trinajstić information content (AvgIpc) is 3.03. The maximum absolute atomic E-state index is 13.2. The number of para-hydroxylation sites is 1. The summed E-state index contributed by atoms with van der Waals surface area (Å²) in [7, 11) is -2.42. The Hall–Kier alpha value is -2.29. The van der Waals surface area contributed by atoms with Crippen LogP contribution < -0.4 is 4.90 Å². The van der Waals surface area contributed by atoms with Gasteiger partial charge in [-0.15, -0.1) is 0 Å². The van der Waals surface area contributed by atoms with Crippen LogP contribution in [0.5, 0.6) is 0 Å². The molecule has 1 unspecified atom stereocenters. The Kier molecular flexibility index (Phi) is 6.66. The zero-order valence-electron chi connectivity index (χ0n) is 16.5. The average molecular weight is 421 g/mol. The molecule has 0 spiro atoms. The minimum atomic E-state index is -3.95. The van der Waals surface area contributed by atoms with Crippen LogP contribution in [-0.4, -0.2) is 51.5 Å². The molecule has 156 valence electrons. The van der Waals surface area contributed by atoms with Gasteiger partial charge in [-0.2, -0.15) is 4.31 Å². The summed E-state index contributed by atoms with van der Waals surface area (Å²) < 4.78 is 45.6. The topological polar surface area (TPSA) is 66.9 Å². The maximum Gasteiger partial charge on any atom is 0.243 e. The van der Waals surface area contributed by atoms with Crippen LogP contribution in [0, 0.1) is 5.82 Å². The van der Waals surface area contributed by atoms with Gasteiger partial charge in [-0.25, -0.2) is 12.8 Å². The van der Waals surface area contributed by atoms with E-state index in [-0.39, 0.29) is 29.9 Å². The van der Waals surface area contributed by atoms with E-state index in [0.29, 0.717) is 13.0 Å². The lowest BCUT2D eigenvalue weighted by Crippen LogP contribution is -2.45. The molecule has 0 bridgehead atoms. The lowest BCUT2D eigenvalue weighted by molar-refractivity contribution is -0.119. The van der Waals surface area contributed by atoms with E-state index in [4.69, 9.17) is 4.74 Å². The van der Waals surface area contributed by atoms with Gasteiger partial charge in [-0.3, -0.25) is 4.79 Å². The normalized spacial score (nSPS) is 16.3. The summed E-state index contributed by atoms with van der Waals surface area (Å²) in [5, 5.41) is 0. The molecule has 1 amide bonds. The van der Waals surface area contributed by atoms with Crippen LogP contribution in [0.25, 0.3) is 0 Å². The first-order valence-corrected chi connectivity index (χ1v) is 10.9. The number of carbonyl (C=O) groups is 1. The Bertz CT molecular complexity index is 963. The van der Waals surface area contributed by atoms with E-state index < -0.39 is 15.8 Å². The van der Waals surface area contributed by atoms with Crippen molar-refractivity contribution >= 4 is 21.6 Å². The number of nitrogens with zero attached hydrogens (tertiary/aromatic N) is 2. The summed E-state index contributed by atoms with van der Waals surface area (Å²) in [4.78, 5) is 14.7. The zero-order chi connectivity index (χ0) is 21.0. The van der Waals surface area contributed by atoms with Crippen LogP contribution >= 0.6 is 0 Å². The number of anilines is 1. The van der Waals surface area contributed by atoms with Crippen LogP contribution in [0.15, 0.2) is 53.4 Å². The molecule has 2 aromatic carbocycles. The van der Waals surface area contributed by atoms with E-state index in [9.17, 15) is 17.6 Å². The van der Waals surface area contributed by atoms with E-state index in [1.165, 1.54) is 19.2 Å². The molecule has 0 saturated heterocycles. The van der Waals surface area contributed by atoms with Crippen molar-refractivity contribution in [1.82, 2.24) is 4.31 Å². The number of rotatable bonds is 8. The second-order valence-corrected chi connectivity index (χ2v) is 9.02. The maximum atomic E-state index is 13.2. The van der Waals surface area contributed by atoms with Gasteiger partial charge in [0.15, 0.2) is 0 Å². The van der Waals surface area contributed by atoms with Crippen molar-refractivity contribution in [2.75, 3.05) is 31.7 Å². The molecule has 0 fully saturated rings. The summed E-state index contributed by atoms with van der Waals surface area (Å²) in [6, 6.07) is 12.2. The highest BCUT2D eigenvalue weighted by atomic mass is 32.2. The minimum Gasteiger partial charge on any atom is -0.385 e. The molecule has 0 aromatic heterocycles. The SMILES string of the molecule is COCCCN(CC(=O)N1c2ccccc2CC1C)S(=O)(=O)c1ccc(F)cc1. The molecular weight excluding hydrogens is 395 g/mol. The third kappa shape index (κ3) is 4.66. The largest absolute Gasteiger partial charge is 0.385 e. The molecule has 3 rings (SSSR count). The molecule has 8 heteroatoms. The summed E-state index contributed by atoms with van der Waals surface area (Å²) in [5.74, 6) is -0.806. The van der Waals surface area contributed by atoms with Crippen LogP contribution in [0.1, 0.15) is 18.9 Å². The van der Waals surface area contributed by atoms with Crippen molar-refractivity contribution in [3.63, 3.8) is 0 Å². The number of carbonyl (C=O) groups excluding carboxylic acids is 1. The molecule has 6 nitrogen and oxygen atoms in total. The number of hydrogen-bond acceptors (Lipinski definition) is 4. The third-order valence-electron chi connectivity index (χ3n) is 4.99. The predicted octanol–water partition coefficient (Wildman–Crippen LogP) is 2.83. The Balaban J connectivity index is 1.85. The van der Waals surface area contributed by atoms with Crippen molar-refractivity contribution in [3.05, 3.63) is 59.9 Å². The first-order valence-electron chi connectivity index (χ1n) is 9.49.